The van der Waals surface area contributed by atoms with E-state index in [-0.39, 0.29) is 18.2 Å². The van der Waals surface area contributed by atoms with Gasteiger partial charge in [0.15, 0.2) is 0 Å². The first-order valence-corrected chi connectivity index (χ1v) is 8.97. The van der Waals surface area contributed by atoms with Crippen LogP contribution in [0, 0.1) is 0 Å². The van der Waals surface area contributed by atoms with Gasteiger partial charge in [0.25, 0.3) is 0 Å². The van der Waals surface area contributed by atoms with E-state index in [1.165, 1.54) is 0 Å². The molecular weight excluding hydrogens is 290 g/mol. The molecule has 2 fully saturated rings. The van der Waals surface area contributed by atoms with E-state index in [1.807, 2.05) is 0 Å². The van der Waals surface area contributed by atoms with Crippen molar-refractivity contribution in [1.82, 2.24) is 4.31 Å². The van der Waals surface area contributed by atoms with Crippen LogP contribution in [-0.2, 0) is 16.4 Å². The largest absolute Gasteiger partial charge is 0.493 e. The van der Waals surface area contributed by atoms with Crippen LogP contribution in [0.1, 0.15) is 31.2 Å². The summed E-state index contributed by atoms with van der Waals surface area (Å²) in [4.78, 5) is 0.361. The molecule has 6 heteroatoms. The number of ether oxygens (including phenoxy) is 1. The van der Waals surface area contributed by atoms with Gasteiger partial charge >= 0.3 is 0 Å². The average molecular weight is 309 g/mol. The van der Waals surface area contributed by atoms with Crippen molar-refractivity contribution in [2.75, 3.05) is 6.61 Å². The summed E-state index contributed by atoms with van der Waals surface area (Å²) in [5, 5.41) is 9.83. The Morgan fingerprint density at radius 1 is 1.19 bits per heavy atom. The monoisotopic (exact) mass is 309 g/mol. The van der Waals surface area contributed by atoms with Crippen LogP contribution in [0.15, 0.2) is 23.1 Å². The highest BCUT2D eigenvalue weighted by molar-refractivity contribution is 7.89. The quantitative estimate of drug-likeness (QED) is 0.894. The third-order valence-corrected chi connectivity index (χ3v) is 6.88. The molecule has 5 nitrogen and oxygen atoms in total. The number of aliphatic hydroxyl groups excluding tert-OH is 1. The summed E-state index contributed by atoms with van der Waals surface area (Å²) in [6.45, 7) is 0.625. The van der Waals surface area contributed by atoms with Gasteiger partial charge in [-0.2, -0.15) is 4.31 Å². The van der Waals surface area contributed by atoms with Gasteiger partial charge in [0, 0.05) is 18.5 Å². The van der Waals surface area contributed by atoms with Gasteiger partial charge < -0.3 is 9.84 Å². The molecule has 2 atom stereocenters. The number of fused-ring (bicyclic) bond motifs is 3. The second kappa shape index (κ2) is 4.69. The highest BCUT2D eigenvalue weighted by atomic mass is 32.2. The van der Waals surface area contributed by atoms with Gasteiger partial charge in [-0.15, -0.1) is 0 Å². The Hall–Kier alpha value is -1.11. The lowest BCUT2D eigenvalue weighted by Crippen LogP contribution is -2.47. The van der Waals surface area contributed by atoms with E-state index < -0.39 is 10.0 Å². The molecule has 2 bridgehead atoms. The van der Waals surface area contributed by atoms with Crippen molar-refractivity contribution in [1.29, 1.82) is 0 Å². The number of benzene rings is 1. The van der Waals surface area contributed by atoms with Crippen LogP contribution in [0.3, 0.4) is 0 Å². The summed E-state index contributed by atoms with van der Waals surface area (Å²) in [5.74, 6) is 0.797. The summed E-state index contributed by atoms with van der Waals surface area (Å²) in [5.41, 5.74) is 0.973. The van der Waals surface area contributed by atoms with Gasteiger partial charge in [-0.3, -0.25) is 0 Å². The molecule has 1 aromatic rings. The van der Waals surface area contributed by atoms with Crippen LogP contribution in [0.5, 0.6) is 5.75 Å². The summed E-state index contributed by atoms with van der Waals surface area (Å²) >= 11 is 0. The molecule has 1 aromatic carbocycles. The Balaban J connectivity index is 1.71. The molecular formula is C15H19NO4S. The lowest BCUT2D eigenvalue weighted by molar-refractivity contribution is 0.0769. The van der Waals surface area contributed by atoms with Crippen molar-refractivity contribution < 1.29 is 18.3 Å². The van der Waals surface area contributed by atoms with Crippen LogP contribution in [0.2, 0.25) is 0 Å². The fourth-order valence-electron chi connectivity index (χ4n) is 3.94. The maximum Gasteiger partial charge on any atom is 0.243 e. The van der Waals surface area contributed by atoms with Crippen molar-refractivity contribution in [2.24, 2.45) is 0 Å². The van der Waals surface area contributed by atoms with E-state index in [0.29, 0.717) is 24.3 Å². The number of hydrogen-bond acceptors (Lipinski definition) is 4. The van der Waals surface area contributed by atoms with Crippen LogP contribution in [-0.4, -0.2) is 42.6 Å². The van der Waals surface area contributed by atoms with Crippen molar-refractivity contribution in [3.05, 3.63) is 23.8 Å². The minimum Gasteiger partial charge on any atom is -0.493 e. The Morgan fingerprint density at radius 2 is 1.90 bits per heavy atom. The topological polar surface area (TPSA) is 66.8 Å². The molecule has 114 valence electrons. The van der Waals surface area contributed by atoms with E-state index in [4.69, 9.17) is 4.74 Å². The number of aliphatic hydroxyl groups is 1. The van der Waals surface area contributed by atoms with E-state index in [0.717, 1.165) is 30.6 Å². The molecule has 3 aliphatic rings. The molecule has 2 saturated heterocycles. The Morgan fingerprint density at radius 3 is 2.62 bits per heavy atom. The fourth-order valence-corrected chi connectivity index (χ4v) is 5.89. The first kappa shape index (κ1) is 13.5. The van der Waals surface area contributed by atoms with Crippen LogP contribution in [0.4, 0.5) is 0 Å². The molecule has 2 unspecified atom stereocenters. The Labute approximate surface area is 124 Å². The molecule has 0 aliphatic carbocycles. The number of sulfonamides is 1. The maximum atomic E-state index is 13.0. The predicted octanol–water partition coefficient (Wildman–Crippen LogP) is 1.30. The lowest BCUT2D eigenvalue weighted by atomic mass is 10.0. The number of hydrogen-bond donors (Lipinski definition) is 1. The Bertz CT molecular complexity index is 658. The van der Waals surface area contributed by atoms with Gasteiger partial charge in [-0.05, 0) is 49.4 Å². The van der Waals surface area contributed by atoms with Gasteiger partial charge in [-0.1, -0.05) is 0 Å². The lowest BCUT2D eigenvalue weighted by Gasteiger charge is -2.36. The van der Waals surface area contributed by atoms with Crippen molar-refractivity contribution in [3.8, 4) is 5.75 Å². The van der Waals surface area contributed by atoms with Crippen molar-refractivity contribution >= 4 is 10.0 Å². The summed E-state index contributed by atoms with van der Waals surface area (Å²) < 4.78 is 33.0. The fraction of sp³-hybridized carbons (Fsp3) is 0.600. The van der Waals surface area contributed by atoms with Crippen molar-refractivity contribution in [2.45, 2.75) is 55.2 Å². The smallest absolute Gasteiger partial charge is 0.243 e. The zero-order chi connectivity index (χ0) is 14.6. The first-order valence-electron chi connectivity index (χ1n) is 7.53. The normalized spacial score (nSPS) is 32.0. The number of nitrogens with zero attached hydrogens (tertiary/aromatic N) is 1. The van der Waals surface area contributed by atoms with E-state index in [2.05, 4.69) is 0 Å². The van der Waals surface area contributed by atoms with Gasteiger partial charge in [0.1, 0.15) is 5.75 Å². The second-order valence-corrected chi connectivity index (χ2v) is 8.06. The third kappa shape index (κ3) is 2.08. The molecule has 3 heterocycles. The minimum absolute atomic E-state index is 0.0479. The second-order valence-electron chi connectivity index (χ2n) is 6.21. The molecule has 3 aliphatic heterocycles. The van der Waals surface area contributed by atoms with Crippen LogP contribution < -0.4 is 4.74 Å². The average Bonchev–Trinajstić information content (AvgIpc) is 3.01. The zero-order valence-corrected chi connectivity index (χ0v) is 12.6. The molecule has 21 heavy (non-hydrogen) atoms. The maximum absolute atomic E-state index is 13.0. The molecule has 0 spiro atoms. The van der Waals surface area contributed by atoms with Crippen LogP contribution >= 0.6 is 0 Å². The number of piperidine rings is 1. The first-order chi connectivity index (χ1) is 10.1. The van der Waals surface area contributed by atoms with E-state index in [1.54, 1.807) is 22.5 Å². The summed E-state index contributed by atoms with van der Waals surface area (Å²) in [6, 6.07) is 5.06. The van der Waals surface area contributed by atoms with Gasteiger partial charge in [0.05, 0.1) is 17.6 Å². The highest BCUT2D eigenvalue weighted by Crippen LogP contribution is 2.40. The minimum atomic E-state index is -3.48. The van der Waals surface area contributed by atoms with Gasteiger partial charge in [0.2, 0.25) is 10.0 Å². The highest BCUT2D eigenvalue weighted by Gasteiger charge is 2.46. The zero-order valence-electron chi connectivity index (χ0n) is 11.7. The third-order valence-electron chi connectivity index (χ3n) is 4.88. The van der Waals surface area contributed by atoms with Crippen LogP contribution in [0.25, 0.3) is 0 Å². The van der Waals surface area contributed by atoms with Gasteiger partial charge in [-0.25, -0.2) is 8.42 Å². The molecule has 0 saturated carbocycles. The predicted molar refractivity (Wildman–Crippen MR) is 76.7 cm³/mol. The molecule has 4 rings (SSSR count). The molecule has 0 amide bonds. The molecule has 1 N–H and O–H groups in total. The van der Waals surface area contributed by atoms with E-state index in [9.17, 15) is 13.5 Å². The summed E-state index contributed by atoms with van der Waals surface area (Å²) in [7, 11) is -3.48. The molecule has 0 aromatic heterocycles. The van der Waals surface area contributed by atoms with Crippen molar-refractivity contribution in [3.63, 3.8) is 0 Å². The SMILES string of the molecule is O=S(=O)(c1ccc2c(c1)CCO2)N1C2CCC1CC(O)C2. The molecule has 0 radical (unpaired) electrons. The Kier molecular flexibility index (Phi) is 3.03. The number of rotatable bonds is 2. The van der Waals surface area contributed by atoms with E-state index >= 15 is 0 Å². The standard InChI is InChI=1S/C15H19NO4S/c17-13-8-11-1-2-12(9-13)16(11)21(18,19)14-3-4-15-10(7-14)5-6-20-15/h3-4,7,11-13,17H,1-2,5-6,8-9H2. The summed E-state index contributed by atoms with van der Waals surface area (Å²) in [6.07, 6.45) is 3.24.